The van der Waals surface area contributed by atoms with Crippen LogP contribution in [-0.4, -0.2) is 70.7 Å². The molecule has 2 aromatic rings. The Morgan fingerprint density at radius 1 is 1.13 bits per heavy atom. The van der Waals surface area contributed by atoms with Gasteiger partial charge in [-0.25, -0.2) is 0 Å². The Morgan fingerprint density at radius 2 is 1.87 bits per heavy atom. The van der Waals surface area contributed by atoms with Crippen molar-refractivity contribution in [2.75, 3.05) is 32.0 Å². The lowest BCUT2D eigenvalue weighted by Gasteiger charge is -2.22. The molecule has 2 heterocycles. The lowest BCUT2D eigenvalue weighted by molar-refractivity contribution is -0.146. The maximum absolute atomic E-state index is 12.6. The van der Waals surface area contributed by atoms with E-state index in [1.54, 1.807) is 17.0 Å². The van der Waals surface area contributed by atoms with Crippen molar-refractivity contribution in [3.05, 3.63) is 30.5 Å². The van der Waals surface area contributed by atoms with E-state index in [4.69, 9.17) is 0 Å². The van der Waals surface area contributed by atoms with Crippen molar-refractivity contribution in [2.45, 2.75) is 39.3 Å². The first kappa shape index (κ1) is 22.3. The molecule has 9 heteroatoms. The number of likely N-dealkylation sites (tertiary alicyclic amines) is 1. The number of carbonyl (C=O) groups excluding carboxylic acids is 4. The summed E-state index contributed by atoms with van der Waals surface area (Å²) in [5, 5.41) is 6.01. The van der Waals surface area contributed by atoms with Crippen molar-refractivity contribution >= 4 is 40.2 Å². The highest BCUT2D eigenvalue weighted by Crippen LogP contribution is 2.22. The minimum atomic E-state index is -0.772. The number of carbonyl (C=O) groups is 4. The molecule has 1 aliphatic rings. The van der Waals surface area contributed by atoms with Crippen molar-refractivity contribution in [3.63, 3.8) is 0 Å². The Balaban J connectivity index is 1.70. The molecule has 0 aliphatic carbocycles. The maximum Gasteiger partial charge on any atom is 0.313 e. The fourth-order valence-electron chi connectivity index (χ4n) is 4.00. The van der Waals surface area contributed by atoms with Crippen LogP contribution in [0.1, 0.15) is 26.7 Å². The van der Waals surface area contributed by atoms with E-state index in [0.717, 1.165) is 10.9 Å². The van der Waals surface area contributed by atoms with E-state index in [1.807, 2.05) is 36.7 Å². The summed E-state index contributed by atoms with van der Waals surface area (Å²) >= 11 is 0. The summed E-state index contributed by atoms with van der Waals surface area (Å²) in [6.45, 7) is 5.85. The number of amides is 4. The van der Waals surface area contributed by atoms with Gasteiger partial charge in [-0.05, 0) is 51.0 Å². The van der Waals surface area contributed by atoms with Crippen LogP contribution >= 0.6 is 0 Å². The number of aromatic nitrogens is 1. The summed E-state index contributed by atoms with van der Waals surface area (Å²) in [4.78, 5) is 52.5. The van der Waals surface area contributed by atoms with Crippen molar-refractivity contribution in [3.8, 4) is 0 Å². The van der Waals surface area contributed by atoms with Gasteiger partial charge < -0.3 is 25.0 Å². The highest BCUT2D eigenvalue weighted by atomic mass is 16.2. The SMILES string of the molecule is CCN(CC)C(=O)Cn1ccc2cc(NC(=O)C(=O)N3CCC[C@H]3C(=O)NC)ccc21. The first-order chi connectivity index (χ1) is 14.9. The molecule has 0 unspecified atom stereocenters. The molecular weight excluding hydrogens is 398 g/mol. The highest BCUT2D eigenvalue weighted by molar-refractivity contribution is 6.40. The second-order valence-corrected chi connectivity index (χ2v) is 7.51. The normalized spacial score (nSPS) is 15.7. The van der Waals surface area contributed by atoms with E-state index in [0.29, 0.717) is 38.2 Å². The third-order valence-electron chi connectivity index (χ3n) is 5.71. The van der Waals surface area contributed by atoms with Gasteiger partial charge >= 0.3 is 11.8 Å². The van der Waals surface area contributed by atoms with E-state index in [9.17, 15) is 19.2 Å². The largest absolute Gasteiger partial charge is 0.357 e. The van der Waals surface area contributed by atoms with E-state index in [2.05, 4.69) is 10.6 Å². The molecule has 1 fully saturated rings. The van der Waals surface area contributed by atoms with Crippen LogP contribution in [0, 0.1) is 0 Å². The van der Waals surface area contributed by atoms with Crippen LogP contribution in [0.2, 0.25) is 0 Å². The Hall–Kier alpha value is -3.36. The van der Waals surface area contributed by atoms with Crippen molar-refractivity contribution in [1.82, 2.24) is 19.7 Å². The average Bonchev–Trinajstić information content (AvgIpc) is 3.41. The standard InChI is InChI=1S/C22H29N5O4/c1-4-25(5-2)19(28)14-26-12-10-15-13-16(8-9-17(15)26)24-21(30)22(31)27-11-6-7-18(27)20(29)23-3/h8-10,12-13,18H,4-7,11,14H2,1-3H3,(H,23,29)(H,24,30)/t18-/m0/s1. The van der Waals surface area contributed by atoms with Crippen LogP contribution in [0.25, 0.3) is 10.9 Å². The molecule has 3 rings (SSSR count). The predicted octanol–water partition coefficient (Wildman–Crippen LogP) is 1.19. The lowest BCUT2D eigenvalue weighted by Crippen LogP contribution is -2.48. The first-order valence-electron chi connectivity index (χ1n) is 10.6. The Labute approximate surface area is 181 Å². The van der Waals surface area contributed by atoms with Crippen LogP contribution in [0.4, 0.5) is 5.69 Å². The number of benzene rings is 1. The number of rotatable bonds is 6. The van der Waals surface area contributed by atoms with E-state index < -0.39 is 17.9 Å². The summed E-state index contributed by atoms with van der Waals surface area (Å²) in [7, 11) is 1.51. The fraction of sp³-hybridized carbons (Fsp3) is 0.455. The quantitative estimate of drug-likeness (QED) is 0.676. The highest BCUT2D eigenvalue weighted by Gasteiger charge is 2.36. The molecule has 31 heavy (non-hydrogen) atoms. The number of likely N-dealkylation sites (N-methyl/N-ethyl adjacent to an activating group) is 2. The van der Waals surface area contributed by atoms with E-state index in [1.165, 1.54) is 11.9 Å². The summed E-state index contributed by atoms with van der Waals surface area (Å²) in [6.07, 6.45) is 3.06. The predicted molar refractivity (Wildman–Crippen MR) is 117 cm³/mol. The first-order valence-corrected chi connectivity index (χ1v) is 10.6. The van der Waals surface area contributed by atoms with Crippen molar-refractivity contribution in [2.24, 2.45) is 0 Å². The van der Waals surface area contributed by atoms with Crippen LogP contribution < -0.4 is 10.6 Å². The average molecular weight is 428 g/mol. The monoisotopic (exact) mass is 427 g/mol. The number of hydrogen-bond donors (Lipinski definition) is 2. The van der Waals surface area contributed by atoms with Crippen molar-refractivity contribution in [1.29, 1.82) is 0 Å². The maximum atomic E-state index is 12.6. The third kappa shape index (κ3) is 4.70. The number of fused-ring (bicyclic) bond motifs is 1. The smallest absolute Gasteiger partial charge is 0.313 e. The lowest BCUT2D eigenvalue weighted by atomic mass is 10.2. The molecule has 4 amide bonds. The fourth-order valence-corrected chi connectivity index (χ4v) is 4.00. The van der Waals surface area contributed by atoms with Crippen LogP contribution in [0.15, 0.2) is 30.5 Å². The number of nitrogens with one attached hydrogen (secondary N) is 2. The van der Waals surface area contributed by atoms with Gasteiger partial charge in [0.25, 0.3) is 0 Å². The Kier molecular flexibility index (Phi) is 6.94. The number of nitrogens with zero attached hydrogens (tertiary/aromatic N) is 3. The molecule has 166 valence electrons. The second-order valence-electron chi connectivity index (χ2n) is 7.51. The summed E-state index contributed by atoms with van der Waals surface area (Å²) in [6, 6.07) is 6.53. The van der Waals surface area contributed by atoms with Gasteiger partial charge in [-0.1, -0.05) is 0 Å². The van der Waals surface area contributed by atoms with Gasteiger partial charge in [0.2, 0.25) is 11.8 Å². The summed E-state index contributed by atoms with van der Waals surface area (Å²) < 4.78 is 1.87. The van der Waals surface area contributed by atoms with Gasteiger partial charge in [-0.3, -0.25) is 19.2 Å². The molecule has 0 saturated carbocycles. The minimum absolute atomic E-state index is 0.0433. The molecule has 1 saturated heterocycles. The van der Waals surface area contributed by atoms with Crippen molar-refractivity contribution < 1.29 is 19.2 Å². The van der Waals surface area contributed by atoms with Gasteiger partial charge in [-0.2, -0.15) is 0 Å². The van der Waals surface area contributed by atoms with Crippen LogP contribution in [0.3, 0.4) is 0 Å². The van der Waals surface area contributed by atoms with E-state index >= 15 is 0 Å². The molecule has 0 bridgehead atoms. The minimum Gasteiger partial charge on any atom is -0.357 e. The van der Waals surface area contributed by atoms with Gasteiger partial charge in [0, 0.05) is 49.5 Å². The molecule has 9 nitrogen and oxygen atoms in total. The zero-order valence-corrected chi connectivity index (χ0v) is 18.2. The topological polar surface area (TPSA) is 104 Å². The zero-order valence-electron chi connectivity index (χ0n) is 18.2. The molecule has 0 spiro atoms. The third-order valence-corrected chi connectivity index (χ3v) is 5.71. The molecule has 2 N–H and O–H groups in total. The molecule has 1 aliphatic heterocycles. The van der Waals surface area contributed by atoms with Gasteiger partial charge in [0.1, 0.15) is 12.6 Å². The Bertz CT molecular complexity index is 995. The summed E-state index contributed by atoms with van der Waals surface area (Å²) in [5.41, 5.74) is 1.35. The molecule has 1 aromatic carbocycles. The molecule has 0 radical (unpaired) electrons. The van der Waals surface area contributed by atoms with Gasteiger partial charge in [0.05, 0.1) is 0 Å². The number of anilines is 1. The van der Waals surface area contributed by atoms with Crippen LogP contribution in [0.5, 0.6) is 0 Å². The van der Waals surface area contributed by atoms with Gasteiger partial charge in [0.15, 0.2) is 0 Å². The second kappa shape index (κ2) is 9.63. The molecule has 1 aromatic heterocycles. The Morgan fingerprint density at radius 3 is 2.55 bits per heavy atom. The molecular formula is C22H29N5O4. The van der Waals surface area contributed by atoms with Gasteiger partial charge in [-0.15, -0.1) is 0 Å². The summed E-state index contributed by atoms with van der Waals surface area (Å²) in [5.74, 6) is -1.71. The molecule has 1 atom stereocenters. The number of hydrogen-bond acceptors (Lipinski definition) is 4. The van der Waals surface area contributed by atoms with E-state index in [-0.39, 0.29) is 18.4 Å². The van der Waals surface area contributed by atoms with Crippen LogP contribution in [-0.2, 0) is 25.7 Å². The zero-order chi connectivity index (χ0) is 22.5.